The van der Waals surface area contributed by atoms with Gasteiger partial charge in [-0.15, -0.1) is 0 Å². The Kier molecular flexibility index (Phi) is 1.96. The van der Waals surface area contributed by atoms with Gasteiger partial charge in [0.25, 0.3) is 0 Å². The number of halogens is 1. The third-order valence-corrected chi connectivity index (χ3v) is 5.01. The van der Waals surface area contributed by atoms with Gasteiger partial charge in [0.1, 0.15) is 5.82 Å². The molecule has 1 saturated carbocycles. The van der Waals surface area contributed by atoms with E-state index in [1.165, 1.54) is 28.9 Å². The minimum atomic E-state index is -0.181. The molecule has 1 aromatic rings. The first-order valence-electron chi connectivity index (χ1n) is 6.18. The van der Waals surface area contributed by atoms with Crippen LogP contribution in [0.15, 0.2) is 42.0 Å². The van der Waals surface area contributed by atoms with Crippen LogP contribution in [0.5, 0.6) is 0 Å². The van der Waals surface area contributed by atoms with Gasteiger partial charge in [-0.2, -0.15) is 0 Å². The maximum Gasteiger partial charge on any atom is 0.123 e. The molecule has 17 heavy (non-hydrogen) atoms. The van der Waals surface area contributed by atoms with E-state index in [1.54, 1.807) is 0 Å². The van der Waals surface area contributed by atoms with Crippen LogP contribution < -0.4 is 0 Å². The van der Waals surface area contributed by atoms with Crippen molar-refractivity contribution in [2.45, 2.75) is 20.8 Å². The molecule has 1 heteroatoms. The fourth-order valence-electron chi connectivity index (χ4n) is 3.82. The predicted molar refractivity (Wildman–Crippen MR) is 68.9 cm³/mol. The van der Waals surface area contributed by atoms with Gasteiger partial charge < -0.3 is 0 Å². The van der Waals surface area contributed by atoms with Gasteiger partial charge in [0.05, 0.1) is 0 Å². The maximum atomic E-state index is 12.9. The molecule has 0 bridgehead atoms. The van der Waals surface area contributed by atoms with Crippen molar-refractivity contribution in [1.82, 2.24) is 0 Å². The lowest BCUT2D eigenvalue weighted by Gasteiger charge is -2.37. The third-order valence-electron chi connectivity index (χ3n) is 5.01. The van der Waals surface area contributed by atoms with Gasteiger partial charge in [0.2, 0.25) is 0 Å². The van der Waals surface area contributed by atoms with Crippen LogP contribution in [0, 0.1) is 23.1 Å². The Morgan fingerprint density at radius 3 is 2.06 bits per heavy atom. The average Bonchev–Trinajstić information content (AvgIpc) is 2.88. The molecule has 0 amide bonds. The van der Waals surface area contributed by atoms with Gasteiger partial charge in [0.15, 0.2) is 0 Å². The summed E-state index contributed by atoms with van der Waals surface area (Å²) < 4.78 is 12.9. The van der Waals surface area contributed by atoms with E-state index in [0.29, 0.717) is 11.8 Å². The molecule has 0 N–H and O–H groups in total. The van der Waals surface area contributed by atoms with Gasteiger partial charge in [-0.3, -0.25) is 0 Å². The van der Waals surface area contributed by atoms with E-state index in [-0.39, 0.29) is 11.2 Å². The number of hydrogen-bond donors (Lipinski definition) is 0. The summed E-state index contributed by atoms with van der Waals surface area (Å²) in [6.45, 7) is 11.0. The Morgan fingerprint density at radius 1 is 1.12 bits per heavy atom. The van der Waals surface area contributed by atoms with Crippen molar-refractivity contribution in [2.75, 3.05) is 0 Å². The number of benzene rings is 1. The Bertz CT molecular complexity index is 525. The number of rotatable bonds is 1. The zero-order valence-corrected chi connectivity index (χ0v) is 10.5. The van der Waals surface area contributed by atoms with Crippen LogP contribution in [0.1, 0.15) is 26.3 Å². The highest BCUT2D eigenvalue weighted by molar-refractivity contribution is 5.93. The molecule has 0 radical (unpaired) electrons. The predicted octanol–water partition coefficient (Wildman–Crippen LogP) is 4.44. The van der Waals surface area contributed by atoms with E-state index < -0.39 is 0 Å². The molecule has 3 rings (SSSR count). The van der Waals surface area contributed by atoms with Crippen molar-refractivity contribution in [2.24, 2.45) is 17.3 Å². The summed E-state index contributed by atoms with van der Waals surface area (Å²) in [5.41, 5.74) is 5.31. The Morgan fingerprint density at radius 2 is 1.65 bits per heavy atom. The van der Waals surface area contributed by atoms with Crippen LogP contribution >= 0.6 is 0 Å². The second-order valence-electron chi connectivity index (χ2n) is 5.43. The molecule has 2 aliphatic carbocycles. The maximum absolute atomic E-state index is 12.9. The molecular weight excluding hydrogens is 211 g/mol. The Labute approximate surface area is 102 Å². The molecule has 0 heterocycles. The van der Waals surface area contributed by atoms with Crippen molar-refractivity contribution < 1.29 is 4.39 Å². The van der Waals surface area contributed by atoms with E-state index >= 15 is 0 Å². The summed E-state index contributed by atoms with van der Waals surface area (Å²) in [5, 5.41) is 0. The third kappa shape index (κ3) is 1.07. The smallest absolute Gasteiger partial charge is 0.123 e. The minimum absolute atomic E-state index is 0.181. The number of allylic oxidation sites excluding steroid dienone is 3. The van der Waals surface area contributed by atoms with Gasteiger partial charge in [0, 0.05) is 5.41 Å². The van der Waals surface area contributed by atoms with Crippen molar-refractivity contribution in [3.05, 3.63) is 53.4 Å². The summed E-state index contributed by atoms with van der Waals surface area (Å²) in [5.74, 6) is 1.23. The average molecular weight is 228 g/mol. The van der Waals surface area contributed by atoms with Gasteiger partial charge in [-0.05, 0) is 47.6 Å². The molecular formula is C16H17F. The molecule has 2 aliphatic rings. The summed E-state index contributed by atoms with van der Waals surface area (Å²) in [6.07, 6.45) is 0. The molecule has 0 nitrogen and oxygen atoms in total. The molecule has 0 aromatic heterocycles. The quantitative estimate of drug-likeness (QED) is 0.666. The molecule has 3 atom stereocenters. The first-order chi connectivity index (χ1) is 8.01. The Hall–Kier alpha value is -1.37. The van der Waals surface area contributed by atoms with Crippen LogP contribution in [0.3, 0.4) is 0 Å². The second-order valence-corrected chi connectivity index (χ2v) is 5.43. The minimum Gasteiger partial charge on any atom is -0.207 e. The summed E-state index contributed by atoms with van der Waals surface area (Å²) in [7, 11) is 0. The van der Waals surface area contributed by atoms with Gasteiger partial charge >= 0.3 is 0 Å². The fourth-order valence-corrected chi connectivity index (χ4v) is 3.82. The largest absolute Gasteiger partial charge is 0.207 e. The molecule has 1 spiro atoms. The van der Waals surface area contributed by atoms with Crippen molar-refractivity contribution >= 4 is 5.57 Å². The normalized spacial score (nSPS) is 35.2. The van der Waals surface area contributed by atoms with Crippen LogP contribution in [-0.4, -0.2) is 0 Å². The highest BCUT2D eigenvalue weighted by atomic mass is 19.1. The number of hydrogen-bond acceptors (Lipinski definition) is 0. The Balaban J connectivity index is 2.05. The highest BCUT2D eigenvalue weighted by Gasteiger charge is 2.67. The highest BCUT2D eigenvalue weighted by Crippen LogP contribution is 2.75. The monoisotopic (exact) mass is 228 g/mol. The molecule has 1 aromatic carbocycles. The van der Waals surface area contributed by atoms with Gasteiger partial charge in [-0.25, -0.2) is 4.39 Å². The molecule has 1 fully saturated rings. The first kappa shape index (κ1) is 10.8. The van der Waals surface area contributed by atoms with Crippen LogP contribution in [0.4, 0.5) is 4.39 Å². The lowest BCUT2D eigenvalue weighted by atomic mass is 9.66. The molecule has 0 saturated heterocycles. The summed E-state index contributed by atoms with van der Waals surface area (Å²) in [6, 6.07) is 6.75. The summed E-state index contributed by atoms with van der Waals surface area (Å²) >= 11 is 0. The van der Waals surface area contributed by atoms with Crippen molar-refractivity contribution in [3.63, 3.8) is 0 Å². The van der Waals surface area contributed by atoms with Crippen LogP contribution in [0.2, 0.25) is 0 Å². The topological polar surface area (TPSA) is 0 Å². The van der Waals surface area contributed by atoms with Crippen LogP contribution in [-0.2, 0) is 0 Å². The van der Waals surface area contributed by atoms with E-state index in [1.807, 2.05) is 12.1 Å². The summed E-state index contributed by atoms with van der Waals surface area (Å²) in [4.78, 5) is 0. The second kappa shape index (κ2) is 3.10. The van der Waals surface area contributed by atoms with E-state index in [2.05, 4.69) is 27.4 Å². The van der Waals surface area contributed by atoms with Crippen molar-refractivity contribution in [1.29, 1.82) is 0 Å². The zero-order chi connectivity index (χ0) is 12.4. The van der Waals surface area contributed by atoms with E-state index in [0.717, 1.165) is 5.56 Å². The standard InChI is InChI=1S/C16H17F/c1-9-10(2)16(9)11(3)15(12(16)4)13-5-7-14(17)8-6-13/h5-10H,3H2,1-2,4H3/t9-,10?,16?/m1/s1. The molecule has 0 aliphatic heterocycles. The van der Waals surface area contributed by atoms with Crippen LogP contribution in [0.25, 0.3) is 5.57 Å². The van der Waals surface area contributed by atoms with Gasteiger partial charge in [-0.1, -0.05) is 38.1 Å². The van der Waals surface area contributed by atoms with Crippen molar-refractivity contribution in [3.8, 4) is 0 Å². The lowest BCUT2D eigenvalue weighted by molar-refractivity contribution is 0.610. The molecule has 2 unspecified atom stereocenters. The van der Waals surface area contributed by atoms with E-state index in [9.17, 15) is 4.39 Å². The first-order valence-corrected chi connectivity index (χ1v) is 6.18. The fraction of sp³-hybridized carbons (Fsp3) is 0.375. The lowest BCUT2D eigenvalue weighted by Crippen LogP contribution is -2.23. The zero-order valence-electron chi connectivity index (χ0n) is 10.5. The van der Waals surface area contributed by atoms with E-state index in [4.69, 9.17) is 0 Å². The molecule has 88 valence electrons. The SMILES string of the molecule is C=C1C(c2ccc(F)cc2)=C(C)C12C(C)[C@H]2C.